The average molecular weight is 557 g/mol. The van der Waals surface area contributed by atoms with Gasteiger partial charge in [0.25, 0.3) is 5.91 Å². The fourth-order valence-electron chi connectivity index (χ4n) is 4.80. The molecule has 1 amide bonds. The molecule has 1 unspecified atom stereocenters. The minimum atomic E-state index is -1.38. The maximum atomic E-state index is 14.5. The summed E-state index contributed by atoms with van der Waals surface area (Å²) in [4.78, 5) is 18.9. The third kappa shape index (κ3) is 6.34. The highest BCUT2D eigenvalue weighted by Crippen LogP contribution is 2.49. The number of hydrogen-bond donors (Lipinski definition) is 1. The van der Waals surface area contributed by atoms with E-state index in [0.717, 1.165) is 11.1 Å². The predicted molar refractivity (Wildman–Crippen MR) is 148 cm³/mol. The molecule has 0 aliphatic carbocycles. The third-order valence-electron chi connectivity index (χ3n) is 6.67. The van der Waals surface area contributed by atoms with Crippen molar-refractivity contribution in [3.63, 3.8) is 0 Å². The predicted octanol–water partition coefficient (Wildman–Crippen LogP) is 7.69. The molecule has 4 rings (SSSR count). The van der Waals surface area contributed by atoms with E-state index in [2.05, 4.69) is 4.98 Å². The summed E-state index contributed by atoms with van der Waals surface area (Å²) in [5, 5.41) is 11.7. The molecule has 0 fully saturated rings. The Hall–Kier alpha value is -3.22. The first-order chi connectivity index (χ1) is 18.7. The lowest BCUT2D eigenvalue weighted by Gasteiger charge is -2.21. The highest BCUT2D eigenvalue weighted by molar-refractivity contribution is 7.50. The number of aromatic hydroxyl groups is 1. The van der Waals surface area contributed by atoms with Crippen molar-refractivity contribution in [2.45, 2.75) is 52.0 Å². The van der Waals surface area contributed by atoms with E-state index >= 15 is 0 Å². The lowest BCUT2D eigenvalue weighted by Crippen LogP contribution is -2.17. The minimum absolute atomic E-state index is 0.0278. The van der Waals surface area contributed by atoms with Crippen molar-refractivity contribution in [2.75, 3.05) is 13.7 Å². The van der Waals surface area contributed by atoms with Gasteiger partial charge in [-0.15, -0.1) is 0 Å². The summed E-state index contributed by atoms with van der Waals surface area (Å²) in [5.74, 6) is -2.00. The van der Waals surface area contributed by atoms with Crippen LogP contribution in [0.4, 0.5) is 13.2 Å². The Balaban J connectivity index is 1.75. The van der Waals surface area contributed by atoms with Gasteiger partial charge >= 0.3 is 0 Å². The number of phenolic OH excluding ortho intramolecular Hbond substituents is 1. The van der Waals surface area contributed by atoms with Crippen molar-refractivity contribution in [3.8, 4) is 5.75 Å². The molecule has 9 heteroatoms. The molecule has 2 aromatic carbocycles. The average Bonchev–Trinajstić information content (AvgIpc) is 3.20. The van der Waals surface area contributed by atoms with Crippen molar-refractivity contribution >= 4 is 25.0 Å². The number of nitrogens with zero attached hydrogens (tertiary/aromatic N) is 2. The van der Waals surface area contributed by atoms with Gasteiger partial charge in [0, 0.05) is 57.8 Å². The fraction of sp³-hybridized carbons (Fsp3) is 0.333. The Morgan fingerprint density at radius 1 is 1.21 bits per heavy atom. The molecule has 2 heterocycles. The van der Waals surface area contributed by atoms with E-state index in [-0.39, 0.29) is 34.8 Å². The van der Waals surface area contributed by atoms with Crippen molar-refractivity contribution in [1.29, 1.82) is 0 Å². The summed E-state index contributed by atoms with van der Waals surface area (Å²) in [6, 6.07) is 5.72. The molecule has 1 aliphatic rings. The molecule has 1 aromatic heterocycles. The number of pyridine rings is 1. The van der Waals surface area contributed by atoms with Gasteiger partial charge in [-0.1, -0.05) is 19.1 Å². The largest absolute Gasteiger partial charge is 0.505 e. The molecular formula is C30H32F3N2O3P. The number of rotatable bonds is 11. The second-order valence-electron chi connectivity index (χ2n) is 9.44. The molecule has 1 aliphatic heterocycles. The number of hydrogen-bond acceptors (Lipinski definition) is 4. The molecule has 3 aromatic rings. The smallest absolute Gasteiger partial charge is 0.258 e. The van der Waals surface area contributed by atoms with E-state index in [9.17, 15) is 23.1 Å². The summed E-state index contributed by atoms with van der Waals surface area (Å²) >= 11 is 0. The Labute approximate surface area is 227 Å². The standard InChI is InChI=1S/C30H32F3N2O3P/c1-4-9-20(31)11-7-6-10-19-14-21-23(17-39(38-5-2)18-24-25(32)12-8-13-26(24)33)22-16-35(3)30(37)27(22)29(36)28(21)34-15-19/h7-9,11-15,36H,4-6,10,16-18H2,1-3H3/b11-7-,20-9+. The Kier molecular flexibility index (Phi) is 9.41. The zero-order chi connectivity index (χ0) is 28.1. The summed E-state index contributed by atoms with van der Waals surface area (Å²) < 4.78 is 48.7. The summed E-state index contributed by atoms with van der Waals surface area (Å²) in [6.45, 7) is 4.35. The number of benzene rings is 2. The number of allylic oxidation sites excluding steroid dienone is 4. The van der Waals surface area contributed by atoms with Crippen LogP contribution >= 0.6 is 8.15 Å². The van der Waals surface area contributed by atoms with Gasteiger partial charge in [-0.3, -0.25) is 9.78 Å². The first-order valence-corrected chi connectivity index (χ1v) is 14.6. The minimum Gasteiger partial charge on any atom is -0.505 e. The molecular weight excluding hydrogens is 524 g/mol. The molecule has 1 atom stereocenters. The molecule has 39 heavy (non-hydrogen) atoms. The van der Waals surface area contributed by atoms with Crippen LogP contribution < -0.4 is 0 Å². The van der Waals surface area contributed by atoms with Crippen LogP contribution in [0.25, 0.3) is 10.9 Å². The van der Waals surface area contributed by atoms with Gasteiger partial charge in [0.1, 0.15) is 23.0 Å². The van der Waals surface area contributed by atoms with Crippen LogP contribution in [-0.4, -0.2) is 34.6 Å². The molecule has 0 radical (unpaired) electrons. The molecule has 0 bridgehead atoms. The van der Waals surface area contributed by atoms with E-state index in [1.54, 1.807) is 19.3 Å². The van der Waals surface area contributed by atoms with E-state index in [1.807, 2.05) is 19.9 Å². The molecule has 0 spiro atoms. The number of aryl methyl sites for hydroxylation is 1. The second-order valence-corrected chi connectivity index (χ2v) is 11.3. The number of fused-ring (bicyclic) bond motifs is 2. The quantitative estimate of drug-likeness (QED) is 0.194. The van der Waals surface area contributed by atoms with Crippen molar-refractivity contribution < 1.29 is 27.6 Å². The van der Waals surface area contributed by atoms with Crippen molar-refractivity contribution in [1.82, 2.24) is 9.88 Å². The van der Waals surface area contributed by atoms with Crippen LogP contribution in [-0.2, 0) is 29.8 Å². The number of amides is 1. The Bertz CT molecular complexity index is 1420. The number of phenols is 1. The molecule has 1 N–H and O–H groups in total. The summed E-state index contributed by atoms with van der Waals surface area (Å²) in [5.41, 5.74) is 2.83. The lowest BCUT2D eigenvalue weighted by molar-refractivity contribution is 0.0814. The van der Waals surface area contributed by atoms with Crippen LogP contribution in [0, 0.1) is 11.6 Å². The number of halogens is 3. The maximum Gasteiger partial charge on any atom is 0.258 e. The van der Waals surface area contributed by atoms with E-state index in [4.69, 9.17) is 4.52 Å². The van der Waals surface area contributed by atoms with E-state index in [0.29, 0.717) is 55.0 Å². The third-order valence-corrected chi connectivity index (χ3v) is 8.63. The molecule has 0 saturated carbocycles. The summed E-state index contributed by atoms with van der Waals surface area (Å²) in [7, 11) is 0.284. The van der Waals surface area contributed by atoms with Gasteiger partial charge in [0.2, 0.25) is 0 Å². The fourth-order valence-corrected chi connectivity index (χ4v) is 6.83. The zero-order valence-corrected chi connectivity index (χ0v) is 23.2. The molecule has 206 valence electrons. The van der Waals surface area contributed by atoms with Gasteiger partial charge < -0.3 is 14.5 Å². The van der Waals surface area contributed by atoms with Crippen LogP contribution in [0.2, 0.25) is 0 Å². The van der Waals surface area contributed by atoms with Gasteiger partial charge in [-0.25, -0.2) is 13.2 Å². The highest BCUT2D eigenvalue weighted by Gasteiger charge is 2.34. The first-order valence-electron chi connectivity index (χ1n) is 13.0. The van der Waals surface area contributed by atoms with Gasteiger partial charge in [0.15, 0.2) is 5.75 Å². The van der Waals surface area contributed by atoms with Gasteiger partial charge in [-0.2, -0.15) is 0 Å². The first kappa shape index (κ1) is 28.8. The van der Waals surface area contributed by atoms with Crippen molar-refractivity contribution in [3.05, 3.63) is 94.0 Å². The van der Waals surface area contributed by atoms with E-state index < -0.39 is 19.8 Å². The van der Waals surface area contributed by atoms with Crippen LogP contribution in [0.15, 0.2) is 54.5 Å². The monoisotopic (exact) mass is 556 g/mol. The molecule has 5 nitrogen and oxygen atoms in total. The summed E-state index contributed by atoms with van der Waals surface area (Å²) in [6.07, 6.45) is 8.55. The van der Waals surface area contributed by atoms with Gasteiger partial charge in [-0.05, 0) is 73.2 Å². The van der Waals surface area contributed by atoms with Crippen LogP contribution in [0.1, 0.15) is 59.3 Å². The highest BCUT2D eigenvalue weighted by atomic mass is 31.1. The number of carbonyl (C=O) groups excluding carboxylic acids is 1. The number of carbonyl (C=O) groups is 1. The topological polar surface area (TPSA) is 62.7 Å². The SMILES string of the molecule is CC/C=C(F)\C=C/CCc1cnc2c(O)c3c(c(CP(Cc4c(F)cccc4F)OCC)c2c1)CN(C)C3=O. The molecule has 0 saturated heterocycles. The second kappa shape index (κ2) is 12.8. The van der Waals surface area contributed by atoms with Crippen molar-refractivity contribution in [2.24, 2.45) is 0 Å². The zero-order valence-electron chi connectivity index (χ0n) is 22.3. The number of aromatic nitrogens is 1. The Morgan fingerprint density at radius 2 is 1.92 bits per heavy atom. The van der Waals surface area contributed by atoms with Crippen LogP contribution in [0.3, 0.4) is 0 Å². The van der Waals surface area contributed by atoms with Crippen LogP contribution in [0.5, 0.6) is 5.75 Å². The maximum absolute atomic E-state index is 14.5. The van der Waals surface area contributed by atoms with E-state index in [1.165, 1.54) is 35.3 Å². The normalized spacial score (nSPS) is 14.6. The Morgan fingerprint density at radius 3 is 2.62 bits per heavy atom. The van der Waals surface area contributed by atoms with Gasteiger partial charge in [0.05, 0.1) is 5.56 Å². The lowest BCUT2D eigenvalue weighted by atomic mass is 9.96.